The van der Waals surface area contributed by atoms with Crippen LogP contribution in [0.1, 0.15) is 0 Å². The lowest BCUT2D eigenvalue weighted by atomic mass is 9.82. The van der Waals surface area contributed by atoms with Crippen LogP contribution in [-0.2, 0) is 0 Å². The van der Waals surface area contributed by atoms with Crippen molar-refractivity contribution in [1.82, 2.24) is 0 Å². The van der Waals surface area contributed by atoms with Gasteiger partial charge in [-0.15, -0.1) is 0 Å². The van der Waals surface area contributed by atoms with Crippen molar-refractivity contribution in [3.05, 3.63) is 176 Å². The quantitative estimate of drug-likeness (QED) is 0.199. The van der Waals surface area contributed by atoms with Gasteiger partial charge in [-0.1, -0.05) is 140 Å². The number of anilines is 3. The van der Waals surface area contributed by atoms with Gasteiger partial charge in [0.1, 0.15) is 0 Å². The Morgan fingerprint density at radius 3 is 1.29 bits per heavy atom. The van der Waals surface area contributed by atoms with Crippen LogP contribution < -0.4 is 4.90 Å². The zero-order valence-electron chi connectivity index (χ0n) is 24.7. The van der Waals surface area contributed by atoms with E-state index in [-0.39, 0.29) is 0 Å². The third kappa shape index (κ3) is 4.02. The van der Waals surface area contributed by atoms with Crippen molar-refractivity contribution in [2.45, 2.75) is 0 Å². The van der Waals surface area contributed by atoms with Gasteiger partial charge in [0, 0.05) is 17.1 Å². The lowest BCUT2D eigenvalue weighted by Crippen LogP contribution is -2.09. The summed E-state index contributed by atoms with van der Waals surface area (Å²) in [6.07, 6.45) is 0. The summed E-state index contributed by atoms with van der Waals surface area (Å²) in [5.74, 6) is 0. The Bertz CT molecular complexity index is 2300. The molecule has 0 spiro atoms. The summed E-state index contributed by atoms with van der Waals surface area (Å²) >= 11 is 0. The third-order valence-corrected chi connectivity index (χ3v) is 9.15. The van der Waals surface area contributed by atoms with E-state index < -0.39 is 0 Å². The highest BCUT2D eigenvalue weighted by Gasteiger charge is 2.30. The topological polar surface area (TPSA) is 3.24 Å². The zero-order valence-corrected chi connectivity index (χ0v) is 24.7. The number of para-hydroxylation sites is 2. The maximum Gasteiger partial charge on any atom is 0.0468 e. The Morgan fingerprint density at radius 1 is 0.311 bits per heavy atom. The van der Waals surface area contributed by atoms with E-state index in [0.29, 0.717) is 0 Å². The smallest absolute Gasteiger partial charge is 0.0468 e. The zero-order chi connectivity index (χ0) is 29.7. The van der Waals surface area contributed by atoms with E-state index in [9.17, 15) is 0 Å². The van der Waals surface area contributed by atoms with Crippen LogP contribution in [0.3, 0.4) is 0 Å². The van der Waals surface area contributed by atoms with Crippen LogP contribution >= 0.6 is 0 Å². The lowest BCUT2D eigenvalue weighted by Gasteiger charge is -2.27. The van der Waals surface area contributed by atoms with Crippen LogP contribution in [0.4, 0.5) is 17.1 Å². The molecule has 9 rings (SSSR count). The molecule has 0 atom stereocenters. The SMILES string of the molecule is c1ccc(-c2c3c(c(-c4ccccc4)c4cc(N(c5ccccc5)c5ccccc5)ccc24)-c2cccc4cccc-3c24)cc1. The standard InChI is InChI=1S/C44H29N/c1-5-15-31(16-6-1)41-36-28-27-35(45(33-21-9-3-10-22-33)34-23-11-4-12-24-34)29-39(36)42(32-17-7-2-8-18-32)44-38-26-14-20-30-19-13-25-37(40(30)38)43(41)44/h1-29H. The summed E-state index contributed by atoms with van der Waals surface area (Å²) < 4.78 is 0. The number of nitrogens with zero attached hydrogens (tertiary/aromatic N) is 1. The second-order valence-corrected chi connectivity index (χ2v) is 11.7. The molecule has 0 N–H and O–H groups in total. The average molecular weight is 572 g/mol. The van der Waals surface area contributed by atoms with Gasteiger partial charge in [0.25, 0.3) is 0 Å². The second kappa shape index (κ2) is 10.4. The number of rotatable bonds is 5. The fraction of sp³-hybridized carbons (Fsp3) is 0. The van der Waals surface area contributed by atoms with E-state index in [1.165, 1.54) is 66.1 Å². The third-order valence-electron chi connectivity index (χ3n) is 9.15. The molecule has 0 amide bonds. The highest BCUT2D eigenvalue weighted by atomic mass is 15.1. The van der Waals surface area contributed by atoms with E-state index in [1.54, 1.807) is 0 Å². The highest BCUT2D eigenvalue weighted by Crippen LogP contribution is 2.58. The van der Waals surface area contributed by atoms with Gasteiger partial charge >= 0.3 is 0 Å². The summed E-state index contributed by atoms with van der Waals surface area (Å²) in [6.45, 7) is 0. The minimum atomic E-state index is 1.13. The average Bonchev–Trinajstić information content (AvgIpc) is 3.44. The largest absolute Gasteiger partial charge is 0.310 e. The molecule has 8 aromatic rings. The molecule has 0 radical (unpaired) electrons. The first-order valence-electron chi connectivity index (χ1n) is 15.5. The highest BCUT2D eigenvalue weighted by molar-refractivity contribution is 6.27. The number of benzene rings is 8. The minimum Gasteiger partial charge on any atom is -0.310 e. The van der Waals surface area contributed by atoms with Gasteiger partial charge in [0.15, 0.2) is 0 Å². The first-order chi connectivity index (χ1) is 22.4. The molecule has 0 unspecified atom stereocenters. The van der Waals surface area contributed by atoms with E-state index in [1.807, 2.05) is 0 Å². The Balaban J connectivity index is 1.45. The van der Waals surface area contributed by atoms with Crippen LogP contribution in [0.25, 0.3) is 66.1 Å². The molecule has 0 aromatic heterocycles. The monoisotopic (exact) mass is 571 g/mol. The van der Waals surface area contributed by atoms with Gasteiger partial charge in [-0.2, -0.15) is 0 Å². The van der Waals surface area contributed by atoms with Gasteiger partial charge in [0.2, 0.25) is 0 Å². The van der Waals surface area contributed by atoms with Gasteiger partial charge in [0.05, 0.1) is 0 Å². The molecule has 45 heavy (non-hydrogen) atoms. The molecule has 1 heteroatoms. The predicted molar refractivity (Wildman–Crippen MR) is 191 cm³/mol. The first kappa shape index (κ1) is 25.6. The molecule has 0 heterocycles. The fourth-order valence-electron chi connectivity index (χ4n) is 7.32. The summed E-state index contributed by atoms with van der Waals surface area (Å²) in [5, 5.41) is 5.13. The molecule has 1 nitrogen and oxygen atoms in total. The number of hydrogen-bond acceptors (Lipinski definition) is 1. The van der Waals surface area contributed by atoms with Crippen molar-refractivity contribution in [3.8, 4) is 44.5 Å². The molecule has 1 aliphatic rings. The molecule has 8 aromatic carbocycles. The molecule has 0 fully saturated rings. The predicted octanol–water partition coefficient (Wildman–Crippen LogP) is 12.4. The lowest BCUT2D eigenvalue weighted by molar-refractivity contribution is 1.29. The molecule has 0 saturated carbocycles. The van der Waals surface area contributed by atoms with E-state index in [2.05, 4.69) is 181 Å². The van der Waals surface area contributed by atoms with Gasteiger partial charge < -0.3 is 4.90 Å². The summed E-state index contributed by atoms with van der Waals surface area (Å²) in [4.78, 5) is 2.36. The maximum absolute atomic E-state index is 2.41. The summed E-state index contributed by atoms with van der Waals surface area (Å²) in [6, 6.07) is 63.8. The minimum absolute atomic E-state index is 1.13. The Kier molecular flexibility index (Phi) is 5.89. The van der Waals surface area contributed by atoms with Gasteiger partial charge in [-0.05, 0) is 102 Å². The Hall–Kier alpha value is -5.92. The normalized spacial score (nSPS) is 11.6. The maximum atomic E-state index is 2.41. The molecule has 210 valence electrons. The second-order valence-electron chi connectivity index (χ2n) is 11.7. The van der Waals surface area contributed by atoms with Crippen molar-refractivity contribution < 1.29 is 0 Å². The van der Waals surface area contributed by atoms with E-state index in [0.717, 1.165) is 17.1 Å². The summed E-state index contributed by atoms with van der Waals surface area (Å²) in [5.41, 5.74) is 13.7. The van der Waals surface area contributed by atoms with Gasteiger partial charge in [-0.25, -0.2) is 0 Å². The van der Waals surface area contributed by atoms with E-state index in [4.69, 9.17) is 0 Å². The van der Waals surface area contributed by atoms with Crippen LogP contribution in [0, 0.1) is 0 Å². The van der Waals surface area contributed by atoms with Crippen LogP contribution in [-0.4, -0.2) is 0 Å². The molecule has 0 bridgehead atoms. The molecule has 0 aliphatic heterocycles. The number of fused-ring (bicyclic) bond motifs is 4. The number of hydrogen-bond donors (Lipinski definition) is 0. The first-order valence-corrected chi connectivity index (χ1v) is 15.5. The Labute approximate surface area is 263 Å². The van der Waals surface area contributed by atoms with Crippen molar-refractivity contribution in [1.29, 1.82) is 0 Å². The van der Waals surface area contributed by atoms with Crippen molar-refractivity contribution in [3.63, 3.8) is 0 Å². The van der Waals surface area contributed by atoms with Crippen molar-refractivity contribution in [2.75, 3.05) is 4.90 Å². The van der Waals surface area contributed by atoms with Crippen molar-refractivity contribution in [2.24, 2.45) is 0 Å². The van der Waals surface area contributed by atoms with Crippen molar-refractivity contribution >= 4 is 38.6 Å². The van der Waals surface area contributed by atoms with Crippen LogP contribution in [0.15, 0.2) is 176 Å². The molecular weight excluding hydrogens is 542 g/mol. The van der Waals surface area contributed by atoms with Crippen LogP contribution in [0.5, 0.6) is 0 Å². The van der Waals surface area contributed by atoms with Crippen LogP contribution in [0.2, 0.25) is 0 Å². The van der Waals surface area contributed by atoms with E-state index >= 15 is 0 Å². The summed E-state index contributed by atoms with van der Waals surface area (Å²) in [7, 11) is 0. The molecule has 0 saturated heterocycles. The van der Waals surface area contributed by atoms with Gasteiger partial charge in [-0.3, -0.25) is 0 Å². The molecule has 1 aliphatic carbocycles. The fourth-order valence-corrected chi connectivity index (χ4v) is 7.32. The molecular formula is C44H29N. The Morgan fingerprint density at radius 2 is 0.778 bits per heavy atom.